The van der Waals surface area contributed by atoms with Gasteiger partial charge in [0.25, 0.3) is 5.91 Å². The van der Waals surface area contributed by atoms with Gasteiger partial charge in [-0.1, -0.05) is 12.1 Å². The van der Waals surface area contributed by atoms with Crippen LogP contribution in [0.5, 0.6) is 0 Å². The second-order valence-corrected chi connectivity index (χ2v) is 8.23. The van der Waals surface area contributed by atoms with E-state index in [9.17, 15) is 13.2 Å². The van der Waals surface area contributed by atoms with Crippen LogP contribution in [-0.2, 0) is 10.0 Å². The van der Waals surface area contributed by atoms with E-state index in [1.807, 2.05) is 0 Å². The van der Waals surface area contributed by atoms with Crippen LogP contribution in [0.2, 0.25) is 0 Å². The summed E-state index contributed by atoms with van der Waals surface area (Å²) in [6.07, 6.45) is 0. The number of hydrogen-bond acceptors (Lipinski definition) is 5. The standard InChI is InChI=1S/C18H19N3O4S/c1-11-8-9-13(10-16(11)26(23,24)21(3)4)18(22)20-15-7-5-6-14-17(15)25-12(2)19-14/h5-10H,1-4H3,(H,20,22). The molecule has 0 saturated heterocycles. The predicted molar refractivity (Wildman–Crippen MR) is 98.8 cm³/mol. The third kappa shape index (κ3) is 3.21. The molecule has 2 aromatic carbocycles. The highest BCUT2D eigenvalue weighted by atomic mass is 32.2. The molecule has 3 aromatic rings. The van der Waals surface area contributed by atoms with Crippen molar-refractivity contribution in [2.75, 3.05) is 19.4 Å². The first-order chi connectivity index (χ1) is 12.2. The largest absolute Gasteiger partial charge is 0.439 e. The molecule has 0 spiro atoms. The summed E-state index contributed by atoms with van der Waals surface area (Å²) in [5.74, 6) is 0.0677. The average molecular weight is 373 g/mol. The van der Waals surface area contributed by atoms with Crippen molar-refractivity contribution in [1.29, 1.82) is 0 Å². The maximum Gasteiger partial charge on any atom is 0.255 e. The molecule has 3 rings (SSSR count). The number of nitrogens with zero attached hydrogens (tertiary/aromatic N) is 2. The molecule has 26 heavy (non-hydrogen) atoms. The minimum absolute atomic E-state index is 0.101. The number of amides is 1. The predicted octanol–water partition coefficient (Wildman–Crippen LogP) is 2.95. The number of aromatic nitrogens is 1. The Morgan fingerprint density at radius 2 is 1.88 bits per heavy atom. The van der Waals surface area contributed by atoms with Gasteiger partial charge in [-0.2, -0.15) is 0 Å². The van der Waals surface area contributed by atoms with Crippen molar-refractivity contribution in [2.24, 2.45) is 0 Å². The summed E-state index contributed by atoms with van der Waals surface area (Å²) in [7, 11) is -0.737. The molecule has 0 bridgehead atoms. The number of nitrogens with one attached hydrogen (secondary N) is 1. The Labute approximate surface area is 151 Å². The maximum absolute atomic E-state index is 12.6. The number of benzene rings is 2. The minimum Gasteiger partial charge on any atom is -0.439 e. The second kappa shape index (κ2) is 6.54. The van der Waals surface area contributed by atoms with Gasteiger partial charge in [-0.05, 0) is 36.8 Å². The highest BCUT2D eigenvalue weighted by Gasteiger charge is 2.22. The Hall–Kier alpha value is -2.71. The fourth-order valence-corrected chi connectivity index (χ4v) is 3.71. The first-order valence-corrected chi connectivity index (χ1v) is 9.35. The first kappa shape index (κ1) is 18.1. The van der Waals surface area contributed by atoms with E-state index in [2.05, 4.69) is 10.3 Å². The molecule has 8 heteroatoms. The van der Waals surface area contributed by atoms with Gasteiger partial charge in [0.15, 0.2) is 11.5 Å². The van der Waals surface area contributed by atoms with E-state index in [1.54, 1.807) is 44.2 Å². The molecule has 1 N–H and O–H groups in total. The quantitative estimate of drug-likeness (QED) is 0.759. The summed E-state index contributed by atoms with van der Waals surface area (Å²) in [6, 6.07) is 9.84. The van der Waals surface area contributed by atoms with Crippen LogP contribution in [0.25, 0.3) is 11.1 Å². The lowest BCUT2D eigenvalue weighted by molar-refractivity contribution is 0.102. The van der Waals surface area contributed by atoms with E-state index in [0.29, 0.717) is 28.2 Å². The minimum atomic E-state index is -3.64. The van der Waals surface area contributed by atoms with E-state index in [1.165, 1.54) is 20.2 Å². The van der Waals surface area contributed by atoms with Gasteiger partial charge >= 0.3 is 0 Å². The van der Waals surface area contributed by atoms with Crippen LogP contribution in [0.15, 0.2) is 45.7 Å². The van der Waals surface area contributed by atoms with E-state index in [0.717, 1.165) is 4.31 Å². The van der Waals surface area contributed by atoms with E-state index < -0.39 is 15.9 Å². The third-order valence-corrected chi connectivity index (χ3v) is 5.94. The second-order valence-electron chi connectivity index (χ2n) is 6.11. The molecular weight excluding hydrogens is 354 g/mol. The van der Waals surface area contributed by atoms with E-state index in [4.69, 9.17) is 4.42 Å². The zero-order valence-corrected chi connectivity index (χ0v) is 15.7. The lowest BCUT2D eigenvalue weighted by atomic mass is 10.1. The van der Waals surface area contributed by atoms with Crippen LogP contribution in [0.4, 0.5) is 5.69 Å². The molecule has 0 aliphatic carbocycles. The zero-order valence-electron chi connectivity index (χ0n) is 14.9. The van der Waals surface area contributed by atoms with Gasteiger partial charge in [0, 0.05) is 26.6 Å². The fourth-order valence-electron chi connectivity index (χ4n) is 2.57. The van der Waals surface area contributed by atoms with E-state index in [-0.39, 0.29) is 10.5 Å². The molecule has 0 unspecified atom stereocenters. The van der Waals surface area contributed by atoms with Crippen LogP contribution in [0.3, 0.4) is 0 Å². The SMILES string of the molecule is Cc1nc2cccc(NC(=O)c3ccc(C)c(S(=O)(=O)N(C)C)c3)c2o1. The number of hydrogen-bond donors (Lipinski definition) is 1. The molecule has 0 radical (unpaired) electrons. The molecule has 7 nitrogen and oxygen atoms in total. The third-order valence-electron chi connectivity index (χ3n) is 3.98. The van der Waals surface area contributed by atoms with Crippen molar-refractivity contribution in [1.82, 2.24) is 9.29 Å². The molecule has 0 aliphatic heterocycles. The highest BCUT2D eigenvalue weighted by Crippen LogP contribution is 2.25. The summed E-state index contributed by atoms with van der Waals surface area (Å²) in [5, 5.41) is 2.76. The smallest absolute Gasteiger partial charge is 0.255 e. The van der Waals surface area contributed by atoms with Gasteiger partial charge in [-0.25, -0.2) is 17.7 Å². The van der Waals surface area contributed by atoms with Gasteiger partial charge < -0.3 is 9.73 Å². The number of fused-ring (bicyclic) bond motifs is 1. The monoisotopic (exact) mass is 373 g/mol. The number of anilines is 1. The maximum atomic E-state index is 12.6. The van der Waals surface area contributed by atoms with Crippen molar-refractivity contribution in [3.63, 3.8) is 0 Å². The highest BCUT2D eigenvalue weighted by molar-refractivity contribution is 7.89. The van der Waals surface area contributed by atoms with Crippen molar-refractivity contribution in [3.8, 4) is 0 Å². The Morgan fingerprint density at radius 3 is 2.58 bits per heavy atom. The lowest BCUT2D eigenvalue weighted by Gasteiger charge is -2.14. The average Bonchev–Trinajstić information content (AvgIpc) is 2.96. The molecule has 1 aromatic heterocycles. The Bertz CT molecular complexity index is 1100. The summed E-state index contributed by atoms with van der Waals surface area (Å²) in [6.45, 7) is 3.42. The molecule has 0 aliphatic rings. The van der Waals surface area contributed by atoms with Gasteiger partial charge in [0.05, 0.1) is 10.6 Å². The summed E-state index contributed by atoms with van der Waals surface area (Å²) in [4.78, 5) is 17.0. The number of sulfonamides is 1. The molecule has 1 heterocycles. The number of para-hydroxylation sites is 1. The summed E-state index contributed by atoms with van der Waals surface area (Å²) < 4.78 is 31.5. The van der Waals surface area contributed by atoms with Crippen LogP contribution in [0.1, 0.15) is 21.8 Å². The molecular formula is C18H19N3O4S. The number of rotatable bonds is 4. The van der Waals surface area contributed by atoms with Gasteiger partial charge in [-0.3, -0.25) is 4.79 Å². The Kier molecular flexibility index (Phi) is 4.55. The van der Waals surface area contributed by atoms with Crippen molar-refractivity contribution < 1.29 is 17.6 Å². The summed E-state index contributed by atoms with van der Waals surface area (Å²) >= 11 is 0. The van der Waals surface area contributed by atoms with Crippen molar-refractivity contribution >= 4 is 32.7 Å². The topological polar surface area (TPSA) is 92.5 Å². The first-order valence-electron chi connectivity index (χ1n) is 7.91. The molecule has 136 valence electrons. The van der Waals surface area contributed by atoms with Crippen LogP contribution >= 0.6 is 0 Å². The zero-order chi connectivity index (χ0) is 19.1. The number of oxazole rings is 1. The Morgan fingerprint density at radius 1 is 1.15 bits per heavy atom. The van der Waals surface area contributed by atoms with Crippen LogP contribution in [0, 0.1) is 13.8 Å². The van der Waals surface area contributed by atoms with Gasteiger partial charge in [0.2, 0.25) is 10.0 Å². The Balaban J connectivity index is 1.98. The van der Waals surface area contributed by atoms with Crippen LogP contribution in [-0.4, -0.2) is 37.7 Å². The number of aryl methyl sites for hydroxylation is 2. The molecule has 0 saturated carbocycles. The van der Waals surface area contributed by atoms with Gasteiger partial charge in [0.1, 0.15) is 5.52 Å². The summed E-state index contributed by atoms with van der Waals surface area (Å²) in [5.41, 5.74) is 2.41. The van der Waals surface area contributed by atoms with E-state index >= 15 is 0 Å². The lowest BCUT2D eigenvalue weighted by Crippen LogP contribution is -2.23. The molecule has 1 amide bonds. The normalized spacial score (nSPS) is 11.9. The fraction of sp³-hybridized carbons (Fsp3) is 0.222. The van der Waals surface area contributed by atoms with Gasteiger partial charge in [-0.15, -0.1) is 0 Å². The number of carbonyl (C=O) groups is 1. The van der Waals surface area contributed by atoms with Crippen molar-refractivity contribution in [2.45, 2.75) is 18.7 Å². The van der Waals surface area contributed by atoms with Crippen LogP contribution < -0.4 is 5.32 Å². The number of carbonyl (C=O) groups excluding carboxylic acids is 1. The molecule has 0 atom stereocenters. The van der Waals surface area contributed by atoms with Crippen molar-refractivity contribution in [3.05, 3.63) is 53.4 Å². The molecule has 0 fully saturated rings.